The van der Waals surface area contributed by atoms with Gasteiger partial charge >= 0.3 is 0 Å². The molecule has 3 N–H and O–H groups in total. The van der Waals surface area contributed by atoms with Crippen molar-refractivity contribution < 1.29 is 17.2 Å². The van der Waals surface area contributed by atoms with Gasteiger partial charge in [-0.15, -0.1) is 0 Å². The van der Waals surface area contributed by atoms with Gasteiger partial charge in [0.05, 0.1) is 16.3 Å². The van der Waals surface area contributed by atoms with Crippen LogP contribution >= 0.6 is 0 Å². The lowest BCUT2D eigenvalue weighted by Crippen LogP contribution is -2.16. The van der Waals surface area contributed by atoms with E-state index >= 15 is 0 Å². The highest BCUT2D eigenvalue weighted by atomic mass is 32.2. The average Bonchev–Trinajstić information content (AvgIpc) is 2.40. The van der Waals surface area contributed by atoms with Crippen molar-refractivity contribution in [1.29, 1.82) is 0 Å². The summed E-state index contributed by atoms with van der Waals surface area (Å²) in [5.41, 5.74) is 5.55. The second-order valence-corrected chi connectivity index (χ2v) is 6.36. The molecule has 0 atom stereocenters. The van der Waals surface area contributed by atoms with Gasteiger partial charge in [-0.3, -0.25) is 4.72 Å². The molecule has 0 unspecified atom stereocenters. The Morgan fingerprint density at radius 1 is 1.10 bits per heavy atom. The third kappa shape index (κ3) is 2.97. The van der Waals surface area contributed by atoms with Crippen LogP contribution in [0.1, 0.15) is 11.1 Å². The lowest BCUT2D eigenvalue weighted by molar-refractivity contribution is 0.596. The zero-order chi connectivity index (χ0) is 15.8. The summed E-state index contributed by atoms with van der Waals surface area (Å²) in [5, 5.41) is 0. The summed E-state index contributed by atoms with van der Waals surface area (Å²) in [6.45, 7) is 2.98. The summed E-state index contributed by atoms with van der Waals surface area (Å²) in [7, 11) is -4.06. The number of halogens is 2. The first kappa shape index (κ1) is 15.2. The first-order chi connectivity index (χ1) is 9.72. The quantitative estimate of drug-likeness (QED) is 0.856. The maximum Gasteiger partial charge on any atom is 0.262 e. The predicted octanol–water partition coefficient (Wildman–Crippen LogP) is 2.96. The molecule has 0 radical (unpaired) electrons. The number of nitrogen functional groups attached to an aromatic ring is 1. The highest BCUT2D eigenvalue weighted by Gasteiger charge is 2.20. The number of nitrogens with two attached hydrogens (primary N) is 1. The first-order valence-corrected chi connectivity index (χ1v) is 7.54. The Balaban J connectivity index is 2.49. The molecule has 2 aromatic rings. The number of rotatable bonds is 3. The van der Waals surface area contributed by atoms with Crippen LogP contribution in [0, 0.1) is 25.5 Å². The van der Waals surface area contributed by atoms with E-state index in [0.29, 0.717) is 5.56 Å². The van der Waals surface area contributed by atoms with Gasteiger partial charge in [0.15, 0.2) is 0 Å². The van der Waals surface area contributed by atoms with Crippen LogP contribution in [0.4, 0.5) is 20.2 Å². The Morgan fingerprint density at radius 3 is 2.33 bits per heavy atom. The van der Waals surface area contributed by atoms with Gasteiger partial charge in [-0.2, -0.15) is 0 Å². The predicted molar refractivity (Wildman–Crippen MR) is 77.5 cm³/mol. The van der Waals surface area contributed by atoms with E-state index in [-0.39, 0.29) is 21.8 Å². The maximum absolute atomic E-state index is 13.7. The van der Waals surface area contributed by atoms with Gasteiger partial charge in [0.25, 0.3) is 10.0 Å². The van der Waals surface area contributed by atoms with Crippen LogP contribution in [-0.4, -0.2) is 8.42 Å². The summed E-state index contributed by atoms with van der Waals surface area (Å²) >= 11 is 0. The van der Waals surface area contributed by atoms with Gasteiger partial charge < -0.3 is 5.73 Å². The second-order valence-electron chi connectivity index (χ2n) is 4.68. The third-order valence-electron chi connectivity index (χ3n) is 3.02. The number of para-hydroxylation sites is 1. The van der Waals surface area contributed by atoms with Crippen LogP contribution in [0.15, 0.2) is 35.2 Å². The van der Waals surface area contributed by atoms with Crippen molar-refractivity contribution in [2.24, 2.45) is 0 Å². The molecule has 0 amide bonds. The van der Waals surface area contributed by atoms with E-state index in [1.807, 2.05) is 0 Å². The zero-order valence-electron chi connectivity index (χ0n) is 11.4. The van der Waals surface area contributed by atoms with Crippen LogP contribution in [0.5, 0.6) is 0 Å². The summed E-state index contributed by atoms with van der Waals surface area (Å²) in [4.78, 5) is -0.221. The molecule has 0 spiro atoms. The van der Waals surface area contributed by atoms with Gasteiger partial charge in [-0.05, 0) is 43.2 Å². The normalized spacial score (nSPS) is 11.4. The van der Waals surface area contributed by atoms with Crippen molar-refractivity contribution in [3.63, 3.8) is 0 Å². The molecule has 0 heterocycles. The van der Waals surface area contributed by atoms with E-state index in [4.69, 9.17) is 5.73 Å². The maximum atomic E-state index is 13.7. The average molecular weight is 312 g/mol. The van der Waals surface area contributed by atoms with Gasteiger partial charge in [-0.1, -0.05) is 12.1 Å². The van der Waals surface area contributed by atoms with Crippen molar-refractivity contribution in [3.05, 3.63) is 53.1 Å². The largest absolute Gasteiger partial charge is 0.396 e. The number of nitrogens with one attached hydrogen (secondary N) is 1. The Kier molecular flexibility index (Phi) is 3.87. The van der Waals surface area contributed by atoms with Crippen molar-refractivity contribution in [3.8, 4) is 0 Å². The molecular weight excluding hydrogens is 298 g/mol. The fourth-order valence-electron chi connectivity index (χ4n) is 1.87. The number of aryl methyl sites for hydroxylation is 2. The third-order valence-corrected chi connectivity index (χ3v) is 4.35. The van der Waals surface area contributed by atoms with Crippen LogP contribution in [0.3, 0.4) is 0 Å². The highest BCUT2D eigenvalue weighted by molar-refractivity contribution is 7.92. The summed E-state index contributed by atoms with van der Waals surface area (Å²) in [5.74, 6) is -1.36. The van der Waals surface area contributed by atoms with E-state index in [2.05, 4.69) is 4.72 Å². The summed E-state index contributed by atoms with van der Waals surface area (Å²) < 4.78 is 53.9. The van der Waals surface area contributed by atoms with Gasteiger partial charge in [-0.25, -0.2) is 17.2 Å². The molecule has 0 aliphatic rings. The van der Waals surface area contributed by atoms with Gasteiger partial charge in [0, 0.05) is 0 Å². The molecule has 0 saturated heterocycles. The van der Waals surface area contributed by atoms with E-state index in [9.17, 15) is 17.2 Å². The number of sulfonamides is 1. The lowest BCUT2D eigenvalue weighted by Gasteiger charge is -2.12. The van der Waals surface area contributed by atoms with Gasteiger partial charge in [0.1, 0.15) is 11.6 Å². The molecule has 0 bridgehead atoms. The monoisotopic (exact) mass is 312 g/mol. The van der Waals surface area contributed by atoms with Gasteiger partial charge in [0.2, 0.25) is 0 Å². The Bertz CT molecular complexity index is 761. The molecule has 4 nitrogen and oxygen atoms in total. The molecule has 0 saturated carbocycles. The molecule has 0 aromatic heterocycles. The minimum absolute atomic E-state index is 0.0978. The fraction of sp³-hybridized carbons (Fsp3) is 0.143. The van der Waals surface area contributed by atoms with E-state index in [1.54, 1.807) is 13.0 Å². The molecule has 0 fully saturated rings. The van der Waals surface area contributed by atoms with Crippen LogP contribution in [0.2, 0.25) is 0 Å². The van der Waals surface area contributed by atoms with Crippen LogP contribution in [0.25, 0.3) is 0 Å². The standard InChI is InChI=1S/C14H14F2N2O2S/c1-8-4-3-5-11(15)14(8)18-21(19,20)10-6-9(2)13(16)12(17)7-10/h3-7,18H,17H2,1-2H3. The minimum Gasteiger partial charge on any atom is -0.396 e. The summed E-state index contributed by atoms with van der Waals surface area (Å²) in [6.07, 6.45) is 0. The molecular formula is C14H14F2N2O2S. The van der Waals surface area contributed by atoms with Crippen molar-refractivity contribution in [2.75, 3.05) is 10.5 Å². The molecule has 2 rings (SSSR count). The SMILES string of the molecule is Cc1cc(S(=O)(=O)Nc2c(C)cccc2F)cc(N)c1F. The van der Waals surface area contributed by atoms with Crippen LogP contribution in [-0.2, 0) is 10.0 Å². The molecule has 0 aliphatic carbocycles. The number of hydrogen-bond acceptors (Lipinski definition) is 3. The minimum atomic E-state index is -4.06. The number of benzene rings is 2. The number of anilines is 2. The Hall–Kier alpha value is -2.15. The molecule has 7 heteroatoms. The van der Waals surface area contributed by atoms with E-state index in [1.165, 1.54) is 13.0 Å². The lowest BCUT2D eigenvalue weighted by atomic mass is 10.2. The molecule has 0 aliphatic heterocycles. The van der Waals surface area contributed by atoms with E-state index < -0.39 is 21.7 Å². The second kappa shape index (κ2) is 5.33. The fourth-order valence-corrected chi connectivity index (χ4v) is 3.13. The molecule has 2 aromatic carbocycles. The zero-order valence-corrected chi connectivity index (χ0v) is 12.3. The molecule has 112 valence electrons. The highest BCUT2D eigenvalue weighted by Crippen LogP contribution is 2.25. The Morgan fingerprint density at radius 2 is 1.76 bits per heavy atom. The van der Waals surface area contributed by atoms with Crippen LogP contribution < -0.4 is 10.5 Å². The van der Waals surface area contributed by atoms with E-state index in [0.717, 1.165) is 18.2 Å². The topological polar surface area (TPSA) is 72.2 Å². The first-order valence-electron chi connectivity index (χ1n) is 6.06. The van der Waals surface area contributed by atoms with Crippen molar-refractivity contribution in [2.45, 2.75) is 18.7 Å². The smallest absolute Gasteiger partial charge is 0.262 e. The van der Waals surface area contributed by atoms with Crippen molar-refractivity contribution >= 4 is 21.4 Å². The van der Waals surface area contributed by atoms with Crippen molar-refractivity contribution in [1.82, 2.24) is 0 Å². The number of hydrogen-bond donors (Lipinski definition) is 2. The molecule has 21 heavy (non-hydrogen) atoms. The Labute approximate surface area is 121 Å². The summed E-state index contributed by atoms with van der Waals surface area (Å²) in [6, 6.07) is 6.34.